The molecule has 0 aliphatic heterocycles. The second-order valence-electron chi connectivity index (χ2n) is 8.55. The number of nitrogens with zero attached hydrogens (tertiary/aromatic N) is 5. The van der Waals surface area contributed by atoms with Gasteiger partial charge in [-0.15, -0.1) is 0 Å². The molecule has 0 aliphatic carbocycles. The third kappa shape index (κ3) is 4.54. The summed E-state index contributed by atoms with van der Waals surface area (Å²) in [6, 6.07) is 17.3. The standard InChI is InChI=1S/C27H24N8OS/c1-2-12-28-27(36)18-9-7-17(8-10-18)24-33-25(29-14-22-31-20-5-3-4-6-21(20)32-22)23-26(34-24)35(16-30-23)19-11-13-37-15-19/h3-11,13,15-16H,2,12,14H2,1H3,(H,28,36)(H,31,32)(H,29,33,34). The highest BCUT2D eigenvalue weighted by molar-refractivity contribution is 7.08. The van der Waals surface area contributed by atoms with Crippen LogP contribution in [-0.2, 0) is 6.54 Å². The highest BCUT2D eigenvalue weighted by Gasteiger charge is 2.17. The lowest BCUT2D eigenvalue weighted by molar-refractivity contribution is 0.0953. The van der Waals surface area contributed by atoms with Crippen LogP contribution in [0, 0.1) is 0 Å². The Morgan fingerprint density at radius 3 is 2.70 bits per heavy atom. The summed E-state index contributed by atoms with van der Waals surface area (Å²) in [5, 5.41) is 10.4. The minimum Gasteiger partial charge on any atom is -0.361 e. The molecular weight excluding hydrogens is 484 g/mol. The van der Waals surface area contributed by atoms with Gasteiger partial charge in [-0.3, -0.25) is 9.36 Å². The fourth-order valence-corrected chi connectivity index (χ4v) is 4.73. The van der Waals surface area contributed by atoms with E-state index >= 15 is 0 Å². The van der Waals surface area contributed by atoms with Crippen LogP contribution < -0.4 is 10.6 Å². The summed E-state index contributed by atoms with van der Waals surface area (Å²) in [5.74, 6) is 1.86. The van der Waals surface area contributed by atoms with Gasteiger partial charge in [-0.2, -0.15) is 11.3 Å². The highest BCUT2D eigenvalue weighted by Crippen LogP contribution is 2.27. The molecule has 1 amide bonds. The first-order valence-corrected chi connectivity index (χ1v) is 13.0. The van der Waals surface area contributed by atoms with Crippen molar-refractivity contribution in [1.82, 2.24) is 34.8 Å². The molecule has 0 fully saturated rings. The minimum absolute atomic E-state index is 0.0894. The SMILES string of the molecule is CCCNC(=O)c1ccc(-c2nc(NCc3nc4ccccc4[nH]3)c3ncn(-c4ccsc4)c3n2)cc1. The van der Waals surface area contributed by atoms with Crippen molar-refractivity contribution in [3.63, 3.8) is 0 Å². The van der Waals surface area contributed by atoms with Crippen molar-refractivity contribution in [3.05, 3.63) is 83.1 Å². The molecule has 9 nitrogen and oxygen atoms in total. The van der Waals surface area contributed by atoms with Crippen molar-refractivity contribution < 1.29 is 4.79 Å². The zero-order valence-corrected chi connectivity index (χ0v) is 20.9. The molecule has 0 aliphatic rings. The molecule has 4 heterocycles. The lowest BCUT2D eigenvalue weighted by Gasteiger charge is -2.09. The second-order valence-corrected chi connectivity index (χ2v) is 9.33. The molecule has 0 bridgehead atoms. The molecule has 0 atom stereocenters. The topological polar surface area (TPSA) is 113 Å². The number of aromatic nitrogens is 6. The Balaban J connectivity index is 1.37. The number of aromatic amines is 1. The predicted molar refractivity (Wildman–Crippen MR) is 146 cm³/mol. The van der Waals surface area contributed by atoms with Crippen LogP contribution in [-0.4, -0.2) is 41.9 Å². The van der Waals surface area contributed by atoms with Crippen molar-refractivity contribution in [2.45, 2.75) is 19.9 Å². The summed E-state index contributed by atoms with van der Waals surface area (Å²) >= 11 is 1.61. The molecule has 2 aromatic carbocycles. The van der Waals surface area contributed by atoms with Crippen molar-refractivity contribution in [1.29, 1.82) is 0 Å². The molecule has 0 radical (unpaired) electrons. The summed E-state index contributed by atoms with van der Waals surface area (Å²) in [6.45, 7) is 3.12. The van der Waals surface area contributed by atoms with E-state index in [1.807, 2.05) is 64.7 Å². The first kappa shape index (κ1) is 22.9. The quantitative estimate of drug-likeness (QED) is 0.261. The Morgan fingerprint density at radius 1 is 1.05 bits per heavy atom. The molecule has 10 heteroatoms. The maximum absolute atomic E-state index is 12.3. The number of H-pyrrole nitrogens is 1. The van der Waals surface area contributed by atoms with Crippen LogP contribution in [0.5, 0.6) is 0 Å². The Hall–Kier alpha value is -4.57. The van der Waals surface area contributed by atoms with E-state index in [1.54, 1.807) is 29.8 Å². The fraction of sp³-hybridized carbons (Fsp3) is 0.148. The van der Waals surface area contributed by atoms with Gasteiger partial charge >= 0.3 is 0 Å². The first-order valence-electron chi connectivity index (χ1n) is 12.0. The summed E-state index contributed by atoms with van der Waals surface area (Å²) in [6.07, 6.45) is 2.65. The van der Waals surface area contributed by atoms with Crippen molar-refractivity contribution in [3.8, 4) is 17.1 Å². The molecule has 0 saturated heterocycles. The van der Waals surface area contributed by atoms with Gasteiger partial charge in [0.1, 0.15) is 12.2 Å². The number of anilines is 1. The van der Waals surface area contributed by atoms with Gasteiger partial charge in [0.05, 0.1) is 23.3 Å². The van der Waals surface area contributed by atoms with Crippen molar-refractivity contribution in [2.24, 2.45) is 0 Å². The van der Waals surface area contributed by atoms with Crippen LogP contribution in [0.3, 0.4) is 0 Å². The maximum atomic E-state index is 12.3. The normalized spacial score (nSPS) is 11.3. The van der Waals surface area contributed by atoms with Gasteiger partial charge < -0.3 is 15.6 Å². The van der Waals surface area contributed by atoms with Crippen molar-refractivity contribution >= 4 is 45.3 Å². The van der Waals surface area contributed by atoms with Crippen LogP contribution in [0.1, 0.15) is 29.5 Å². The van der Waals surface area contributed by atoms with Crippen molar-refractivity contribution in [2.75, 3.05) is 11.9 Å². The molecule has 0 spiro atoms. The number of para-hydroxylation sites is 2. The van der Waals surface area contributed by atoms with Gasteiger partial charge in [-0.25, -0.2) is 19.9 Å². The second kappa shape index (κ2) is 9.82. The molecule has 4 aromatic heterocycles. The lowest BCUT2D eigenvalue weighted by Crippen LogP contribution is -2.23. The maximum Gasteiger partial charge on any atom is 0.251 e. The van der Waals surface area contributed by atoms with Crippen LogP contribution in [0.4, 0.5) is 5.82 Å². The van der Waals surface area contributed by atoms with E-state index in [-0.39, 0.29) is 5.91 Å². The average Bonchev–Trinajstić information content (AvgIpc) is 3.69. The van der Waals surface area contributed by atoms with E-state index < -0.39 is 0 Å². The van der Waals surface area contributed by atoms with Gasteiger partial charge in [-0.05, 0) is 42.1 Å². The van der Waals surface area contributed by atoms with Crippen LogP contribution in [0.25, 0.3) is 39.3 Å². The van der Waals surface area contributed by atoms with Crippen LogP contribution >= 0.6 is 11.3 Å². The Morgan fingerprint density at radius 2 is 1.92 bits per heavy atom. The third-order valence-electron chi connectivity index (χ3n) is 5.98. The largest absolute Gasteiger partial charge is 0.361 e. The first-order chi connectivity index (χ1) is 18.2. The number of hydrogen-bond donors (Lipinski definition) is 3. The molecule has 3 N–H and O–H groups in total. The van der Waals surface area contributed by atoms with E-state index in [1.165, 1.54) is 0 Å². The summed E-state index contributed by atoms with van der Waals surface area (Å²) in [7, 11) is 0. The number of hydrogen-bond acceptors (Lipinski definition) is 7. The lowest BCUT2D eigenvalue weighted by atomic mass is 10.1. The number of carbonyl (C=O) groups is 1. The number of imidazole rings is 2. The number of nitrogens with one attached hydrogen (secondary N) is 3. The van der Waals surface area contributed by atoms with E-state index in [9.17, 15) is 4.79 Å². The van der Waals surface area contributed by atoms with Crippen LogP contribution in [0.2, 0.25) is 0 Å². The van der Waals surface area contributed by atoms with Gasteiger partial charge in [0, 0.05) is 23.1 Å². The molecule has 6 aromatic rings. The molecule has 184 valence electrons. The van der Waals surface area contributed by atoms with E-state index in [2.05, 4.69) is 25.6 Å². The zero-order valence-electron chi connectivity index (χ0n) is 20.1. The van der Waals surface area contributed by atoms with E-state index in [0.717, 1.165) is 34.5 Å². The number of benzene rings is 2. The zero-order chi connectivity index (χ0) is 25.2. The smallest absolute Gasteiger partial charge is 0.251 e. The monoisotopic (exact) mass is 508 g/mol. The highest BCUT2D eigenvalue weighted by atomic mass is 32.1. The number of fused-ring (bicyclic) bond motifs is 2. The third-order valence-corrected chi connectivity index (χ3v) is 6.65. The molecule has 37 heavy (non-hydrogen) atoms. The number of carbonyl (C=O) groups excluding carboxylic acids is 1. The Labute approximate surface area is 216 Å². The molecule has 0 unspecified atom stereocenters. The molecule has 6 rings (SSSR count). The molecule has 0 saturated carbocycles. The fourth-order valence-electron chi connectivity index (χ4n) is 4.10. The number of rotatable bonds is 8. The van der Waals surface area contributed by atoms with Crippen LogP contribution in [0.15, 0.2) is 71.7 Å². The summed E-state index contributed by atoms with van der Waals surface area (Å²) in [4.78, 5) is 34.6. The van der Waals surface area contributed by atoms with E-state index in [4.69, 9.17) is 9.97 Å². The summed E-state index contributed by atoms with van der Waals surface area (Å²) in [5.41, 5.74) is 5.66. The van der Waals surface area contributed by atoms with Gasteiger partial charge in [0.15, 0.2) is 22.8 Å². The van der Waals surface area contributed by atoms with Gasteiger partial charge in [0.2, 0.25) is 0 Å². The van der Waals surface area contributed by atoms with Gasteiger partial charge in [0.25, 0.3) is 5.91 Å². The summed E-state index contributed by atoms with van der Waals surface area (Å²) < 4.78 is 1.95. The molecular formula is C27H24N8OS. The van der Waals surface area contributed by atoms with E-state index in [0.29, 0.717) is 41.5 Å². The van der Waals surface area contributed by atoms with Gasteiger partial charge in [-0.1, -0.05) is 31.2 Å². The number of thiophene rings is 1. The average molecular weight is 509 g/mol. The number of amides is 1. The minimum atomic E-state index is -0.0894. The Bertz CT molecular complexity index is 1650. The Kier molecular flexibility index (Phi) is 6.07. The predicted octanol–water partition coefficient (Wildman–Crippen LogP) is 5.17.